The second-order valence-electron chi connectivity index (χ2n) is 5.06. The number of carbonyl (C=O) groups is 2. The molecule has 6 heteroatoms. The topological polar surface area (TPSA) is 81.7 Å². The first kappa shape index (κ1) is 14.9. The minimum Gasteiger partial charge on any atom is -0.390 e. The Labute approximate surface area is 108 Å². The molecule has 0 bridgehead atoms. The molecule has 0 saturated carbocycles. The van der Waals surface area contributed by atoms with Crippen molar-refractivity contribution in [3.8, 4) is 0 Å². The molecule has 0 aromatic carbocycles. The highest BCUT2D eigenvalue weighted by atomic mass is 16.3. The number of carbonyl (C=O) groups excluding carboxylic acids is 2. The summed E-state index contributed by atoms with van der Waals surface area (Å²) in [5.74, 6) is -0.303. The molecule has 0 spiro atoms. The lowest BCUT2D eigenvalue weighted by molar-refractivity contribution is -0.126. The van der Waals surface area contributed by atoms with Gasteiger partial charge in [-0.2, -0.15) is 0 Å². The van der Waals surface area contributed by atoms with Crippen molar-refractivity contribution >= 4 is 11.9 Å². The van der Waals surface area contributed by atoms with Crippen LogP contribution in [0, 0.1) is 0 Å². The molecule has 104 valence electrons. The molecule has 0 aromatic heterocycles. The highest BCUT2D eigenvalue weighted by molar-refractivity contribution is 5.96. The zero-order chi connectivity index (χ0) is 13.8. The van der Waals surface area contributed by atoms with Gasteiger partial charge in [0.25, 0.3) is 0 Å². The summed E-state index contributed by atoms with van der Waals surface area (Å²) in [6, 6.07) is -0.818. The molecule has 1 aliphatic rings. The average Bonchev–Trinajstić information content (AvgIpc) is 2.28. The molecule has 3 amide bonds. The maximum atomic E-state index is 11.8. The van der Waals surface area contributed by atoms with Gasteiger partial charge in [0.2, 0.25) is 5.91 Å². The number of piperidine rings is 1. The molecule has 1 fully saturated rings. The minimum absolute atomic E-state index is 0.303. The van der Waals surface area contributed by atoms with E-state index in [0.29, 0.717) is 32.5 Å². The average molecular weight is 257 g/mol. The SMILES string of the molecule is CCNC(=O)NC(=O)C(C)N1CCC(C)(O)CC1. The fourth-order valence-electron chi connectivity index (χ4n) is 1.98. The Balaban J connectivity index is 2.42. The van der Waals surface area contributed by atoms with Crippen molar-refractivity contribution in [1.29, 1.82) is 0 Å². The van der Waals surface area contributed by atoms with Gasteiger partial charge in [-0.3, -0.25) is 15.0 Å². The molecule has 1 unspecified atom stereocenters. The van der Waals surface area contributed by atoms with Crippen LogP contribution < -0.4 is 10.6 Å². The number of amides is 3. The van der Waals surface area contributed by atoms with Crippen LogP contribution in [0.1, 0.15) is 33.6 Å². The standard InChI is InChI=1S/C12H23N3O3/c1-4-13-11(17)14-10(16)9(2)15-7-5-12(3,18)6-8-15/h9,18H,4-8H2,1-3H3,(H2,13,14,16,17). The van der Waals surface area contributed by atoms with Crippen molar-refractivity contribution < 1.29 is 14.7 Å². The number of imide groups is 1. The van der Waals surface area contributed by atoms with Crippen molar-refractivity contribution in [2.75, 3.05) is 19.6 Å². The van der Waals surface area contributed by atoms with Crippen LogP contribution in [0.15, 0.2) is 0 Å². The molecule has 1 aliphatic heterocycles. The number of nitrogens with zero attached hydrogens (tertiary/aromatic N) is 1. The summed E-state index contributed by atoms with van der Waals surface area (Å²) < 4.78 is 0. The van der Waals surface area contributed by atoms with Gasteiger partial charge in [0.1, 0.15) is 0 Å². The van der Waals surface area contributed by atoms with Crippen LogP contribution in [-0.4, -0.2) is 53.2 Å². The van der Waals surface area contributed by atoms with Crippen LogP contribution in [0.25, 0.3) is 0 Å². The van der Waals surface area contributed by atoms with Crippen molar-refractivity contribution in [2.24, 2.45) is 0 Å². The lowest BCUT2D eigenvalue weighted by Gasteiger charge is -2.38. The lowest BCUT2D eigenvalue weighted by Crippen LogP contribution is -2.53. The number of nitrogens with one attached hydrogen (secondary N) is 2. The second-order valence-corrected chi connectivity index (χ2v) is 5.06. The fraction of sp³-hybridized carbons (Fsp3) is 0.833. The summed E-state index contributed by atoms with van der Waals surface area (Å²) >= 11 is 0. The van der Waals surface area contributed by atoms with Crippen molar-refractivity contribution in [1.82, 2.24) is 15.5 Å². The summed E-state index contributed by atoms with van der Waals surface area (Å²) in [7, 11) is 0. The van der Waals surface area contributed by atoms with E-state index in [4.69, 9.17) is 0 Å². The van der Waals surface area contributed by atoms with E-state index >= 15 is 0 Å². The van der Waals surface area contributed by atoms with Gasteiger partial charge in [0, 0.05) is 19.6 Å². The van der Waals surface area contributed by atoms with E-state index in [1.54, 1.807) is 13.8 Å². The molecule has 0 aliphatic carbocycles. The first-order valence-electron chi connectivity index (χ1n) is 6.41. The van der Waals surface area contributed by atoms with Crippen LogP contribution in [0.3, 0.4) is 0 Å². The van der Waals surface area contributed by atoms with Gasteiger partial charge in [-0.05, 0) is 33.6 Å². The second kappa shape index (κ2) is 6.15. The van der Waals surface area contributed by atoms with Crippen molar-refractivity contribution in [3.05, 3.63) is 0 Å². The van der Waals surface area contributed by atoms with Crippen LogP contribution in [-0.2, 0) is 4.79 Å². The Hall–Kier alpha value is -1.14. The highest BCUT2D eigenvalue weighted by Gasteiger charge is 2.31. The molecule has 1 rings (SSSR count). The molecule has 0 aromatic rings. The number of rotatable bonds is 3. The van der Waals surface area contributed by atoms with Crippen LogP contribution in [0.4, 0.5) is 4.79 Å². The maximum absolute atomic E-state index is 11.8. The van der Waals surface area contributed by atoms with Crippen LogP contribution >= 0.6 is 0 Å². The Morgan fingerprint density at radius 2 is 1.94 bits per heavy atom. The lowest BCUT2D eigenvalue weighted by atomic mass is 9.93. The van der Waals surface area contributed by atoms with Crippen LogP contribution in [0.5, 0.6) is 0 Å². The minimum atomic E-state index is -0.633. The number of urea groups is 1. The first-order chi connectivity index (χ1) is 8.35. The third-order valence-electron chi connectivity index (χ3n) is 3.38. The quantitative estimate of drug-likeness (QED) is 0.668. The summed E-state index contributed by atoms with van der Waals surface area (Å²) in [5.41, 5.74) is -0.633. The number of hydrogen-bond donors (Lipinski definition) is 3. The van der Waals surface area contributed by atoms with Crippen LogP contribution in [0.2, 0.25) is 0 Å². The Morgan fingerprint density at radius 3 is 2.44 bits per heavy atom. The van der Waals surface area contributed by atoms with Gasteiger partial charge in [-0.25, -0.2) is 4.79 Å². The molecule has 1 atom stereocenters. The molecule has 6 nitrogen and oxygen atoms in total. The smallest absolute Gasteiger partial charge is 0.321 e. The van der Waals surface area contributed by atoms with E-state index in [1.165, 1.54) is 0 Å². The summed E-state index contributed by atoms with van der Waals surface area (Å²) in [5, 5.41) is 14.7. The Morgan fingerprint density at radius 1 is 1.39 bits per heavy atom. The summed E-state index contributed by atoms with van der Waals surface area (Å²) in [6.45, 7) is 7.19. The monoisotopic (exact) mass is 257 g/mol. The molecular weight excluding hydrogens is 234 g/mol. The third kappa shape index (κ3) is 4.27. The summed E-state index contributed by atoms with van der Waals surface area (Å²) in [4.78, 5) is 25.0. The normalized spacial score (nSPS) is 21.1. The largest absolute Gasteiger partial charge is 0.390 e. The van der Waals surface area contributed by atoms with Crippen molar-refractivity contribution in [3.63, 3.8) is 0 Å². The fourth-order valence-corrected chi connectivity index (χ4v) is 1.98. The van der Waals surface area contributed by atoms with E-state index in [0.717, 1.165) is 0 Å². The zero-order valence-electron chi connectivity index (χ0n) is 11.3. The molecular formula is C12H23N3O3. The molecule has 18 heavy (non-hydrogen) atoms. The molecule has 3 N–H and O–H groups in total. The van der Waals surface area contributed by atoms with E-state index in [1.807, 2.05) is 11.8 Å². The Bertz CT molecular complexity index is 308. The van der Waals surface area contributed by atoms with E-state index in [2.05, 4.69) is 10.6 Å². The van der Waals surface area contributed by atoms with E-state index < -0.39 is 11.6 Å². The van der Waals surface area contributed by atoms with E-state index in [9.17, 15) is 14.7 Å². The maximum Gasteiger partial charge on any atom is 0.321 e. The van der Waals surface area contributed by atoms with Gasteiger partial charge in [0.05, 0.1) is 11.6 Å². The number of aliphatic hydroxyl groups is 1. The number of likely N-dealkylation sites (tertiary alicyclic amines) is 1. The first-order valence-corrected chi connectivity index (χ1v) is 6.41. The Kier molecular flexibility index (Phi) is 5.10. The van der Waals surface area contributed by atoms with Gasteiger partial charge < -0.3 is 10.4 Å². The zero-order valence-corrected chi connectivity index (χ0v) is 11.3. The molecule has 0 radical (unpaired) electrons. The van der Waals surface area contributed by atoms with Gasteiger partial charge in [-0.15, -0.1) is 0 Å². The molecule has 1 heterocycles. The van der Waals surface area contributed by atoms with Crippen molar-refractivity contribution in [2.45, 2.75) is 45.3 Å². The third-order valence-corrected chi connectivity index (χ3v) is 3.38. The van der Waals surface area contributed by atoms with Gasteiger partial charge >= 0.3 is 6.03 Å². The van der Waals surface area contributed by atoms with Gasteiger partial charge in [0.15, 0.2) is 0 Å². The predicted molar refractivity (Wildman–Crippen MR) is 68.1 cm³/mol. The molecule has 1 saturated heterocycles. The highest BCUT2D eigenvalue weighted by Crippen LogP contribution is 2.22. The predicted octanol–water partition coefficient (Wildman–Crippen LogP) is 0.0674. The number of hydrogen-bond acceptors (Lipinski definition) is 4. The van der Waals surface area contributed by atoms with E-state index in [-0.39, 0.29) is 11.9 Å². The van der Waals surface area contributed by atoms with Gasteiger partial charge in [-0.1, -0.05) is 0 Å². The summed E-state index contributed by atoms with van der Waals surface area (Å²) in [6.07, 6.45) is 1.29.